The van der Waals surface area contributed by atoms with Crippen molar-refractivity contribution in [1.82, 2.24) is 4.90 Å². The summed E-state index contributed by atoms with van der Waals surface area (Å²) >= 11 is 0. The van der Waals surface area contributed by atoms with Crippen LogP contribution in [0.5, 0.6) is 0 Å². The summed E-state index contributed by atoms with van der Waals surface area (Å²) in [6.45, 7) is 0. The molecule has 5 heteroatoms. The summed E-state index contributed by atoms with van der Waals surface area (Å²) in [5.74, 6) is 0. The number of fused-ring (bicyclic) bond motifs is 2. The normalized spacial score (nSPS) is 26.9. The van der Waals surface area contributed by atoms with Gasteiger partial charge in [0, 0.05) is 12.1 Å². The zero-order valence-electron chi connectivity index (χ0n) is 15.3. The van der Waals surface area contributed by atoms with Crippen LogP contribution in [-0.2, 0) is 10.9 Å². The standard InChI is InChI=1S/C22H24F3NO/c1-26-18-10-11-19(26)14-20(13-18)27-21(15-6-3-2-4-7-15)16-8-5-9-17(12-16)22(23,24)25/h2-9,12,18-21H,10-11,13-14H2,1H3/t18-,19+,20?,21?. The number of hydrogen-bond donors (Lipinski definition) is 0. The number of piperidine rings is 1. The number of hydrogen-bond acceptors (Lipinski definition) is 2. The molecule has 27 heavy (non-hydrogen) atoms. The van der Waals surface area contributed by atoms with Crippen molar-refractivity contribution < 1.29 is 17.9 Å². The van der Waals surface area contributed by atoms with Crippen LogP contribution in [0.3, 0.4) is 0 Å². The van der Waals surface area contributed by atoms with E-state index < -0.39 is 17.8 Å². The summed E-state index contributed by atoms with van der Waals surface area (Å²) in [5.41, 5.74) is 0.818. The molecule has 2 fully saturated rings. The lowest BCUT2D eigenvalue weighted by atomic mass is 9.96. The van der Waals surface area contributed by atoms with E-state index in [9.17, 15) is 13.2 Å². The van der Waals surface area contributed by atoms with E-state index in [1.165, 1.54) is 25.0 Å². The van der Waals surface area contributed by atoms with Crippen LogP contribution in [0.15, 0.2) is 54.6 Å². The Morgan fingerprint density at radius 3 is 2.19 bits per heavy atom. The quantitative estimate of drug-likeness (QED) is 0.706. The molecule has 2 heterocycles. The van der Waals surface area contributed by atoms with E-state index in [4.69, 9.17) is 4.74 Å². The van der Waals surface area contributed by atoms with Gasteiger partial charge >= 0.3 is 6.18 Å². The number of rotatable bonds is 4. The maximum atomic E-state index is 13.2. The lowest BCUT2D eigenvalue weighted by Crippen LogP contribution is -2.43. The Morgan fingerprint density at radius 1 is 0.926 bits per heavy atom. The molecule has 0 aliphatic carbocycles. The van der Waals surface area contributed by atoms with Crippen LogP contribution in [0.25, 0.3) is 0 Å². The minimum Gasteiger partial charge on any atom is -0.365 e. The molecule has 2 unspecified atom stereocenters. The highest BCUT2D eigenvalue weighted by Gasteiger charge is 2.40. The molecule has 2 bridgehead atoms. The Kier molecular flexibility index (Phi) is 4.99. The first-order valence-electron chi connectivity index (χ1n) is 9.51. The van der Waals surface area contributed by atoms with Gasteiger partial charge in [0.2, 0.25) is 0 Å². The molecule has 2 nitrogen and oxygen atoms in total. The van der Waals surface area contributed by atoms with Gasteiger partial charge in [-0.1, -0.05) is 42.5 Å². The Morgan fingerprint density at radius 2 is 1.56 bits per heavy atom. The highest BCUT2D eigenvalue weighted by atomic mass is 19.4. The topological polar surface area (TPSA) is 12.5 Å². The monoisotopic (exact) mass is 375 g/mol. The fraction of sp³-hybridized carbons (Fsp3) is 0.455. The van der Waals surface area contributed by atoms with Gasteiger partial charge in [0.15, 0.2) is 0 Å². The Balaban J connectivity index is 1.63. The van der Waals surface area contributed by atoms with Crippen molar-refractivity contribution in [2.45, 2.75) is 56.2 Å². The molecule has 2 aromatic carbocycles. The Hall–Kier alpha value is -1.85. The highest BCUT2D eigenvalue weighted by molar-refractivity contribution is 5.34. The van der Waals surface area contributed by atoms with Crippen LogP contribution >= 0.6 is 0 Å². The molecule has 144 valence electrons. The highest BCUT2D eigenvalue weighted by Crippen LogP contribution is 2.39. The van der Waals surface area contributed by atoms with Crippen LogP contribution in [0.4, 0.5) is 13.2 Å². The maximum absolute atomic E-state index is 13.2. The molecular formula is C22H24F3NO. The zero-order chi connectivity index (χ0) is 19.0. The number of nitrogens with zero attached hydrogens (tertiary/aromatic N) is 1. The summed E-state index contributed by atoms with van der Waals surface area (Å²) in [4.78, 5) is 2.43. The summed E-state index contributed by atoms with van der Waals surface area (Å²) in [7, 11) is 2.17. The van der Waals surface area contributed by atoms with Crippen LogP contribution < -0.4 is 0 Å². The van der Waals surface area contributed by atoms with Gasteiger partial charge in [-0.25, -0.2) is 0 Å². The van der Waals surface area contributed by atoms with Gasteiger partial charge in [0.25, 0.3) is 0 Å². The third-order valence-electron chi connectivity index (χ3n) is 6.00. The molecule has 0 spiro atoms. The van der Waals surface area contributed by atoms with Crippen molar-refractivity contribution in [1.29, 1.82) is 0 Å². The van der Waals surface area contributed by atoms with E-state index in [2.05, 4.69) is 11.9 Å². The first-order chi connectivity index (χ1) is 12.9. The minimum absolute atomic E-state index is 0.0680. The number of halogens is 3. The summed E-state index contributed by atoms with van der Waals surface area (Å²) in [6.07, 6.45) is -0.532. The van der Waals surface area contributed by atoms with Gasteiger partial charge in [-0.2, -0.15) is 13.2 Å². The molecule has 0 N–H and O–H groups in total. The maximum Gasteiger partial charge on any atom is 0.416 e. The van der Waals surface area contributed by atoms with E-state index >= 15 is 0 Å². The van der Waals surface area contributed by atoms with E-state index in [0.717, 1.165) is 24.5 Å². The van der Waals surface area contributed by atoms with Crippen LogP contribution in [0.2, 0.25) is 0 Å². The fourth-order valence-electron chi connectivity index (χ4n) is 4.52. The summed E-state index contributed by atoms with van der Waals surface area (Å²) < 4.78 is 46.1. The average Bonchev–Trinajstić information content (AvgIpc) is 2.87. The molecule has 0 radical (unpaired) electrons. The lowest BCUT2D eigenvalue weighted by Gasteiger charge is -2.38. The lowest BCUT2D eigenvalue weighted by molar-refractivity contribution is -0.137. The third kappa shape index (κ3) is 3.90. The van der Waals surface area contributed by atoms with Crippen molar-refractivity contribution in [3.63, 3.8) is 0 Å². The summed E-state index contributed by atoms with van der Waals surface area (Å²) in [6, 6.07) is 16.1. The first kappa shape index (κ1) is 18.5. The molecule has 0 aromatic heterocycles. The van der Waals surface area contributed by atoms with E-state index in [1.807, 2.05) is 30.3 Å². The van der Waals surface area contributed by atoms with Crippen LogP contribution in [-0.4, -0.2) is 30.1 Å². The molecule has 4 rings (SSSR count). The van der Waals surface area contributed by atoms with E-state index in [-0.39, 0.29) is 6.10 Å². The van der Waals surface area contributed by atoms with Crippen LogP contribution in [0.1, 0.15) is 48.5 Å². The van der Waals surface area contributed by atoms with Crippen molar-refractivity contribution in [3.05, 3.63) is 71.3 Å². The molecule has 0 saturated carbocycles. The second-order valence-corrected chi connectivity index (χ2v) is 7.69. The number of ether oxygens (including phenoxy) is 1. The van der Waals surface area contributed by atoms with Gasteiger partial charge in [0.1, 0.15) is 6.10 Å². The van der Waals surface area contributed by atoms with Crippen molar-refractivity contribution in [3.8, 4) is 0 Å². The molecule has 2 aliphatic rings. The van der Waals surface area contributed by atoms with Crippen molar-refractivity contribution in [2.24, 2.45) is 0 Å². The second kappa shape index (κ2) is 7.28. The fourth-order valence-corrected chi connectivity index (χ4v) is 4.52. The Bertz CT molecular complexity index is 763. The summed E-state index contributed by atoms with van der Waals surface area (Å²) in [5, 5.41) is 0. The second-order valence-electron chi connectivity index (χ2n) is 7.69. The van der Waals surface area contributed by atoms with Gasteiger partial charge in [-0.3, -0.25) is 0 Å². The Labute approximate surface area is 157 Å². The molecular weight excluding hydrogens is 351 g/mol. The van der Waals surface area contributed by atoms with Gasteiger partial charge in [-0.05, 0) is 56.0 Å². The largest absolute Gasteiger partial charge is 0.416 e. The van der Waals surface area contributed by atoms with E-state index in [1.54, 1.807) is 6.07 Å². The van der Waals surface area contributed by atoms with Gasteiger partial charge in [-0.15, -0.1) is 0 Å². The number of alkyl halides is 3. The van der Waals surface area contributed by atoms with Crippen molar-refractivity contribution in [2.75, 3.05) is 7.05 Å². The molecule has 2 aliphatic heterocycles. The van der Waals surface area contributed by atoms with Crippen molar-refractivity contribution >= 4 is 0 Å². The smallest absolute Gasteiger partial charge is 0.365 e. The van der Waals surface area contributed by atoms with Gasteiger partial charge in [0.05, 0.1) is 11.7 Å². The first-order valence-corrected chi connectivity index (χ1v) is 9.51. The predicted octanol–water partition coefficient (Wildman–Crippen LogP) is 5.44. The molecule has 4 atom stereocenters. The number of benzene rings is 2. The van der Waals surface area contributed by atoms with E-state index in [0.29, 0.717) is 17.6 Å². The third-order valence-corrected chi connectivity index (χ3v) is 6.00. The predicted molar refractivity (Wildman–Crippen MR) is 98.4 cm³/mol. The molecule has 2 aromatic rings. The average molecular weight is 375 g/mol. The minimum atomic E-state index is -4.36. The molecule has 2 saturated heterocycles. The zero-order valence-corrected chi connectivity index (χ0v) is 15.3. The van der Waals surface area contributed by atoms with Gasteiger partial charge < -0.3 is 9.64 Å². The molecule has 0 amide bonds. The SMILES string of the molecule is CN1[C@@H]2CC[C@H]1CC(OC(c1ccccc1)c1cccc(C(F)(F)F)c1)C2. The van der Waals surface area contributed by atoms with Crippen LogP contribution in [0, 0.1) is 0 Å².